The number of benzene rings is 2. The molecule has 5 heteroatoms. The third kappa shape index (κ3) is 4.29. The van der Waals surface area contributed by atoms with Crippen molar-refractivity contribution in [3.8, 4) is 5.75 Å². The summed E-state index contributed by atoms with van der Waals surface area (Å²) in [4.78, 5) is 11.8. The molecule has 3 N–H and O–H groups in total. The van der Waals surface area contributed by atoms with E-state index in [2.05, 4.69) is 10.6 Å². The standard InChI is InChI=1S/C15H16N2O3/c18-9-10-20-14-8-4-7-13(11-14)17-15(19)16-12-5-2-1-3-6-12/h1-8,11,18H,9-10H2,(H2,16,17,19). The molecule has 0 aromatic heterocycles. The predicted octanol–water partition coefficient (Wildman–Crippen LogP) is 2.70. The Morgan fingerprint density at radius 2 is 1.70 bits per heavy atom. The second-order valence-electron chi connectivity index (χ2n) is 4.05. The summed E-state index contributed by atoms with van der Waals surface area (Å²) in [5.74, 6) is 0.594. The van der Waals surface area contributed by atoms with E-state index in [9.17, 15) is 4.79 Å². The Kier molecular flexibility index (Phi) is 4.97. The minimum absolute atomic E-state index is 0.0495. The molecule has 0 heterocycles. The lowest BCUT2D eigenvalue weighted by atomic mass is 10.3. The number of rotatable bonds is 5. The van der Waals surface area contributed by atoms with Crippen LogP contribution in [-0.4, -0.2) is 24.4 Å². The van der Waals surface area contributed by atoms with Crippen LogP contribution in [0.5, 0.6) is 5.75 Å². The maximum atomic E-state index is 11.8. The van der Waals surface area contributed by atoms with Crippen molar-refractivity contribution in [2.75, 3.05) is 23.8 Å². The quantitative estimate of drug-likeness (QED) is 0.783. The summed E-state index contributed by atoms with van der Waals surface area (Å²) >= 11 is 0. The monoisotopic (exact) mass is 272 g/mol. The molecule has 0 radical (unpaired) electrons. The van der Waals surface area contributed by atoms with E-state index in [0.29, 0.717) is 11.4 Å². The van der Waals surface area contributed by atoms with Gasteiger partial charge in [-0.05, 0) is 24.3 Å². The molecule has 104 valence electrons. The van der Waals surface area contributed by atoms with Crippen molar-refractivity contribution < 1.29 is 14.6 Å². The summed E-state index contributed by atoms with van der Waals surface area (Å²) in [5, 5.41) is 14.1. The number of para-hydroxylation sites is 1. The number of anilines is 2. The van der Waals surface area contributed by atoms with Gasteiger partial charge in [0.1, 0.15) is 12.4 Å². The Morgan fingerprint density at radius 1 is 1.00 bits per heavy atom. The number of amides is 2. The van der Waals surface area contributed by atoms with Gasteiger partial charge in [0, 0.05) is 17.4 Å². The van der Waals surface area contributed by atoms with Crippen LogP contribution in [0.15, 0.2) is 54.6 Å². The van der Waals surface area contributed by atoms with Crippen LogP contribution in [0.3, 0.4) is 0 Å². The van der Waals surface area contributed by atoms with Gasteiger partial charge in [-0.25, -0.2) is 4.79 Å². The molecule has 2 rings (SSSR count). The molecule has 0 aliphatic carbocycles. The Balaban J connectivity index is 1.94. The normalized spacial score (nSPS) is 9.85. The maximum absolute atomic E-state index is 11.8. The molecule has 20 heavy (non-hydrogen) atoms. The van der Waals surface area contributed by atoms with E-state index >= 15 is 0 Å². The average Bonchev–Trinajstić information content (AvgIpc) is 2.46. The highest BCUT2D eigenvalue weighted by Crippen LogP contribution is 2.17. The first-order chi connectivity index (χ1) is 9.78. The Labute approximate surface area is 117 Å². The van der Waals surface area contributed by atoms with Crippen LogP contribution in [0, 0.1) is 0 Å². The number of hydrogen-bond donors (Lipinski definition) is 3. The van der Waals surface area contributed by atoms with E-state index in [1.807, 2.05) is 18.2 Å². The van der Waals surface area contributed by atoms with Gasteiger partial charge in [0.2, 0.25) is 0 Å². The smallest absolute Gasteiger partial charge is 0.323 e. The summed E-state index contributed by atoms with van der Waals surface area (Å²) < 4.78 is 5.27. The van der Waals surface area contributed by atoms with Gasteiger partial charge in [0.15, 0.2) is 0 Å². The first kappa shape index (κ1) is 13.9. The van der Waals surface area contributed by atoms with Crippen molar-refractivity contribution in [1.82, 2.24) is 0 Å². The molecule has 2 amide bonds. The molecule has 0 unspecified atom stereocenters. The van der Waals surface area contributed by atoms with E-state index in [1.165, 1.54) is 0 Å². The van der Waals surface area contributed by atoms with E-state index in [1.54, 1.807) is 36.4 Å². The topological polar surface area (TPSA) is 70.6 Å². The van der Waals surface area contributed by atoms with E-state index < -0.39 is 0 Å². The number of carbonyl (C=O) groups excluding carboxylic acids is 1. The van der Waals surface area contributed by atoms with Gasteiger partial charge in [-0.1, -0.05) is 24.3 Å². The van der Waals surface area contributed by atoms with Gasteiger partial charge in [-0.15, -0.1) is 0 Å². The SMILES string of the molecule is O=C(Nc1ccccc1)Nc1cccc(OCCO)c1. The third-order valence-corrected chi connectivity index (χ3v) is 2.48. The molecule has 0 aliphatic heterocycles. The molecule has 2 aromatic rings. The van der Waals surface area contributed by atoms with Crippen LogP contribution >= 0.6 is 0 Å². The van der Waals surface area contributed by atoms with Gasteiger partial charge in [0.25, 0.3) is 0 Å². The Bertz CT molecular complexity index is 558. The second kappa shape index (κ2) is 7.16. The summed E-state index contributed by atoms with van der Waals surface area (Å²) in [6.45, 7) is 0.172. The van der Waals surface area contributed by atoms with Gasteiger partial charge in [-0.2, -0.15) is 0 Å². The zero-order valence-corrected chi connectivity index (χ0v) is 10.9. The van der Waals surface area contributed by atoms with Gasteiger partial charge >= 0.3 is 6.03 Å². The van der Waals surface area contributed by atoms with Crippen molar-refractivity contribution >= 4 is 17.4 Å². The largest absolute Gasteiger partial charge is 0.491 e. The fraction of sp³-hybridized carbons (Fsp3) is 0.133. The van der Waals surface area contributed by atoms with Crippen molar-refractivity contribution in [1.29, 1.82) is 0 Å². The molecule has 0 atom stereocenters. The van der Waals surface area contributed by atoms with Gasteiger partial charge < -0.3 is 20.5 Å². The second-order valence-corrected chi connectivity index (χ2v) is 4.05. The number of nitrogens with one attached hydrogen (secondary N) is 2. The first-order valence-electron chi connectivity index (χ1n) is 6.25. The van der Waals surface area contributed by atoms with Crippen LogP contribution in [-0.2, 0) is 0 Å². The van der Waals surface area contributed by atoms with Crippen molar-refractivity contribution in [2.45, 2.75) is 0 Å². The highest BCUT2D eigenvalue weighted by molar-refractivity contribution is 5.99. The molecule has 0 aliphatic rings. The van der Waals surface area contributed by atoms with Gasteiger partial charge in [-0.3, -0.25) is 0 Å². The number of ether oxygens (including phenoxy) is 1. The number of urea groups is 1. The molecule has 0 bridgehead atoms. The number of carbonyl (C=O) groups is 1. The van der Waals surface area contributed by atoms with E-state index in [0.717, 1.165) is 5.69 Å². The molecule has 0 saturated carbocycles. The summed E-state index contributed by atoms with van der Waals surface area (Å²) in [6.07, 6.45) is 0. The molecule has 0 fully saturated rings. The first-order valence-corrected chi connectivity index (χ1v) is 6.25. The highest BCUT2D eigenvalue weighted by atomic mass is 16.5. The lowest BCUT2D eigenvalue weighted by Crippen LogP contribution is -2.19. The summed E-state index contributed by atoms with van der Waals surface area (Å²) in [6, 6.07) is 15.8. The van der Waals surface area contributed by atoms with Crippen molar-refractivity contribution in [3.05, 3.63) is 54.6 Å². The van der Waals surface area contributed by atoms with Crippen LogP contribution < -0.4 is 15.4 Å². The molecular formula is C15H16N2O3. The fourth-order valence-electron chi connectivity index (χ4n) is 1.64. The summed E-state index contributed by atoms with van der Waals surface area (Å²) in [7, 11) is 0. The summed E-state index contributed by atoms with van der Waals surface area (Å²) in [5.41, 5.74) is 1.34. The Hall–Kier alpha value is -2.53. The third-order valence-electron chi connectivity index (χ3n) is 2.48. The molecule has 0 saturated heterocycles. The Morgan fingerprint density at radius 3 is 2.45 bits per heavy atom. The highest BCUT2D eigenvalue weighted by Gasteiger charge is 2.03. The van der Waals surface area contributed by atoms with Crippen LogP contribution in [0.4, 0.5) is 16.2 Å². The average molecular weight is 272 g/mol. The minimum Gasteiger partial charge on any atom is -0.491 e. The predicted molar refractivity (Wildman–Crippen MR) is 78.1 cm³/mol. The van der Waals surface area contributed by atoms with Crippen LogP contribution in [0.1, 0.15) is 0 Å². The zero-order chi connectivity index (χ0) is 14.2. The van der Waals surface area contributed by atoms with Crippen molar-refractivity contribution in [2.24, 2.45) is 0 Å². The number of hydrogen-bond acceptors (Lipinski definition) is 3. The number of aliphatic hydroxyl groups excluding tert-OH is 1. The molecular weight excluding hydrogens is 256 g/mol. The molecule has 2 aromatic carbocycles. The maximum Gasteiger partial charge on any atom is 0.323 e. The number of aliphatic hydroxyl groups is 1. The van der Waals surface area contributed by atoms with Crippen LogP contribution in [0.25, 0.3) is 0 Å². The zero-order valence-electron chi connectivity index (χ0n) is 10.9. The van der Waals surface area contributed by atoms with E-state index in [-0.39, 0.29) is 19.2 Å². The lowest BCUT2D eigenvalue weighted by molar-refractivity contribution is 0.201. The molecule has 5 nitrogen and oxygen atoms in total. The minimum atomic E-state index is -0.324. The molecule has 0 spiro atoms. The van der Waals surface area contributed by atoms with Crippen molar-refractivity contribution in [3.63, 3.8) is 0 Å². The lowest BCUT2D eigenvalue weighted by Gasteiger charge is -2.09. The fourth-order valence-corrected chi connectivity index (χ4v) is 1.64. The van der Waals surface area contributed by atoms with Crippen LogP contribution in [0.2, 0.25) is 0 Å². The van der Waals surface area contributed by atoms with E-state index in [4.69, 9.17) is 9.84 Å². The van der Waals surface area contributed by atoms with Gasteiger partial charge in [0.05, 0.1) is 6.61 Å².